The van der Waals surface area contributed by atoms with Gasteiger partial charge in [0.05, 0.1) is 32.0 Å². The van der Waals surface area contributed by atoms with Crippen LogP contribution < -0.4 is 0 Å². The van der Waals surface area contributed by atoms with E-state index in [1.807, 2.05) is 13.8 Å². The second-order valence-electron chi connectivity index (χ2n) is 6.86. The molecule has 10 heteroatoms. The van der Waals surface area contributed by atoms with Crippen molar-refractivity contribution >= 4 is 5.91 Å². The number of amides is 1. The fourth-order valence-electron chi connectivity index (χ4n) is 3.09. The quantitative estimate of drug-likeness (QED) is 0.657. The number of rotatable bonds is 8. The minimum absolute atomic E-state index is 0.0813. The van der Waals surface area contributed by atoms with E-state index in [4.69, 9.17) is 9.26 Å². The number of hydrogen-bond donors (Lipinski definition) is 0. The molecule has 1 amide bonds. The van der Waals surface area contributed by atoms with Crippen LogP contribution in [0.3, 0.4) is 0 Å². The zero-order valence-corrected chi connectivity index (χ0v) is 16.2. The molecule has 0 atom stereocenters. The molecule has 3 heterocycles. The van der Waals surface area contributed by atoms with Crippen LogP contribution in [-0.2, 0) is 29.2 Å². The van der Waals surface area contributed by atoms with Crippen LogP contribution in [0.1, 0.15) is 35.7 Å². The maximum Gasteiger partial charge on any atom is 0.222 e. The molecule has 148 valence electrons. The highest BCUT2D eigenvalue weighted by Gasteiger charge is 2.17. The molecule has 2 aromatic heterocycles. The lowest BCUT2D eigenvalue weighted by Gasteiger charge is -2.25. The molecule has 0 saturated carbocycles. The zero-order chi connectivity index (χ0) is 19.2. The van der Waals surface area contributed by atoms with Crippen LogP contribution in [0, 0.1) is 13.8 Å². The summed E-state index contributed by atoms with van der Waals surface area (Å²) < 4.78 is 12.3. The predicted octanol–water partition coefficient (Wildman–Crippen LogP) is 0.549. The van der Waals surface area contributed by atoms with Gasteiger partial charge >= 0.3 is 0 Å². The first-order valence-corrected chi connectivity index (χ1v) is 9.25. The first kappa shape index (κ1) is 19.4. The summed E-state index contributed by atoms with van der Waals surface area (Å²) >= 11 is 0. The van der Waals surface area contributed by atoms with E-state index >= 15 is 0 Å². The van der Waals surface area contributed by atoms with Gasteiger partial charge in [0.2, 0.25) is 5.91 Å². The molecule has 3 rings (SSSR count). The molecule has 0 aliphatic carbocycles. The number of tetrazole rings is 1. The summed E-state index contributed by atoms with van der Waals surface area (Å²) in [6.45, 7) is 8.84. The van der Waals surface area contributed by atoms with E-state index in [2.05, 4.69) is 25.6 Å². The van der Waals surface area contributed by atoms with Gasteiger partial charge in [-0.25, -0.2) is 4.68 Å². The first-order valence-electron chi connectivity index (χ1n) is 9.25. The zero-order valence-electron chi connectivity index (χ0n) is 16.2. The van der Waals surface area contributed by atoms with Crippen LogP contribution >= 0.6 is 0 Å². The second kappa shape index (κ2) is 9.05. The molecular formula is C17H27N7O3. The lowest BCUT2D eigenvalue weighted by atomic mass is 10.2. The van der Waals surface area contributed by atoms with Gasteiger partial charge in [-0.1, -0.05) is 5.16 Å². The molecule has 27 heavy (non-hydrogen) atoms. The summed E-state index contributed by atoms with van der Waals surface area (Å²) in [5.74, 6) is 1.67. The molecule has 0 radical (unpaired) electrons. The van der Waals surface area contributed by atoms with Crippen molar-refractivity contribution in [3.8, 4) is 0 Å². The van der Waals surface area contributed by atoms with Crippen LogP contribution in [0.5, 0.6) is 0 Å². The average Bonchev–Trinajstić information content (AvgIpc) is 3.23. The Hall–Kier alpha value is -2.33. The molecule has 0 bridgehead atoms. The fraction of sp³-hybridized carbons (Fsp3) is 0.706. The maximum atomic E-state index is 12.4. The van der Waals surface area contributed by atoms with Crippen molar-refractivity contribution in [3.05, 3.63) is 22.8 Å². The van der Waals surface area contributed by atoms with Crippen molar-refractivity contribution < 1.29 is 14.1 Å². The molecule has 1 aliphatic rings. The minimum atomic E-state index is 0.0813. The summed E-state index contributed by atoms with van der Waals surface area (Å²) in [5.41, 5.74) is 1.80. The number of carbonyl (C=O) groups is 1. The SMILES string of the molecule is Cc1noc(C)c1CN(C)C(=O)CCCn1nnnc1CN1CCOCC1. The fourth-order valence-corrected chi connectivity index (χ4v) is 3.09. The molecule has 0 aromatic carbocycles. The van der Waals surface area contributed by atoms with Gasteiger partial charge < -0.3 is 14.2 Å². The second-order valence-corrected chi connectivity index (χ2v) is 6.86. The Morgan fingerprint density at radius 3 is 2.74 bits per heavy atom. The Morgan fingerprint density at radius 2 is 2.04 bits per heavy atom. The van der Waals surface area contributed by atoms with Gasteiger partial charge in [0, 0.05) is 38.7 Å². The monoisotopic (exact) mass is 377 g/mol. The van der Waals surface area contributed by atoms with Gasteiger partial charge in [-0.2, -0.15) is 0 Å². The van der Waals surface area contributed by atoms with Gasteiger partial charge in [-0.3, -0.25) is 9.69 Å². The Balaban J connectivity index is 1.45. The highest BCUT2D eigenvalue weighted by molar-refractivity contribution is 5.75. The Bertz CT molecular complexity index is 732. The van der Waals surface area contributed by atoms with Gasteiger partial charge in [0.25, 0.3) is 0 Å². The molecule has 2 aromatic rings. The third kappa shape index (κ3) is 5.10. The average molecular weight is 377 g/mol. The maximum absolute atomic E-state index is 12.4. The van der Waals surface area contributed by atoms with E-state index in [9.17, 15) is 4.79 Å². The highest BCUT2D eigenvalue weighted by atomic mass is 16.5. The van der Waals surface area contributed by atoms with E-state index in [0.29, 0.717) is 32.5 Å². The first-order chi connectivity index (χ1) is 13.0. The molecular weight excluding hydrogens is 350 g/mol. The molecule has 1 saturated heterocycles. The van der Waals surface area contributed by atoms with Gasteiger partial charge in [0.15, 0.2) is 5.82 Å². The number of hydrogen-bond acceptors (Lipinski definition) is 8. The number of aromatic nitrogens is 5. The summed E-state index contributed by atoms with van der Waals surface area (Å²) in [7, 11) is 1.80. The number of carbonyl (C=O) groups excluding carboxylic acids is 1. The highest BCUT2D eigenvalue weighted by Crippen LogP contribution is 2.15. The van der Waals surface area contributed by atoms with Crippen molar-refractivity contribution in [2.45, 2.75) is 46.3 Å². The Morgan fingerprint density at radius 1 is 1.26 bits per heavy atom. The molecule has 0 spiro atoms. The van der Waals surface area contributed by atoms with Crippen molar-refractivity contribution in [2.24, 2.45) is 0 Å². The summed E-state index contributed by atoms with van der Waals surface area (Å²) in [5, 5.41) is 15.9. The smallest absolute Gasteiger partial charge is 0.222 e. The summed E-state index contributed by atoms with van der Waals surface area (Å²) in [6, 6.07) is 0. The van der Waals surface area contributed by atoms with E-state index < -0.39 is 0 Å². The van der Waals surface area contributed by atoms with Gasteiger partial charge in [-0.15, -0.1) is 5.10 Å². The van der Waals surface area contributed by atoms with Gasteiger partial charge in [-0.05, 0) is 30.7 Å². The van der Waals surface area contributed by atoms with Crippen molar-refractivity contribution in [3.63, 3.8) is 0 Å². The lowest BCUT2D eigenvalue weighted by molar-refractivity contribution is -0.130. The van der Waals surface area contributed by atoms with Crippen molar-refractivity contribution in [1.82, 2.24) is 35.2 Å². The number of aryl methyl sites for hydroxylation is 3. The molecule has 1 aliphatic heterocycles. The van der Waals surface area contributed by atoms with E-state index in [1.54, 1.807) is 16.6 Å². The van der Waals surface area contributed by atoms with E-state index in [-0.39, 0.29) is 5.91 Å². The van der Waals surface area contributed by atoms with E-state index in [0.717, 1.165) is 49.1 Å². The summed E-state index contributed by atoms with van der Waals surface area (Å²) in [6.07, 6.45) is 1.13. The third-order valence-corrected chi connectivity index (χ3v) is 4.84. The predicted molar refractivity (Wildman–Crippen MR) is 95.6 cm³/mol. The number of ether oxygens (including phenoxy) is 1. The molecule has 0 unspecified atom stereocenters. The minimum Gasteiger partial charge on any atom is -0.379 e. The number of morpholine rings is 1. The molecule has 10 nitrogen and oxygen atoms in total. The van der Waals surface area contributed by atoms with Crippen molar-refractivity contribution in [1.29, 1.82) is 0 Å². The van der Waals surface area contributed by atoms with Crippen LogP contribution in [0.25, 0.3) is 0 Å². The van der Waals surface area contributed by atoms with Gasteiger partial charge in [0.1, 0.15) is 5.76 Å². The standard InChI is InChI=1S/C17H27N7O3/c1-13-15(14(2)27-19-13)11-22(3)17(25)5-4-6-24-16(18-20-21-24)12-23-7-9-26-10-8-23/h4-12H2,1-3H3. The molecule has 0 N–H and O–H groups in total. The van der Waals surface area contributed by atoms with Crippen LogP contribution in [0.15, 0.2) is 4.52 Å². The third-order valence-electron chi connectivity index (χ3n) is 4.84. The largest absolute Gasteiger partial charge is 0.379 e. The topological polar surface area (TPSA) is 102 Å². The van der Waals surface area contributed by atoms with Crippen LogP contribution in [-0.4, -0.2) is 74.4 Å². The van der Waals surface area contributed by atoms with Crippen molar-refractivity contribution in [2.75, 3.05) is 33.4 Å². The summed E-state index contributed by atoms with van der Waals surface area (Å²) in [4.78, 5) is 16.4. The van der Waals surface area contributed by atoms with E-state index in [1.165, 1.54) is 0 Å². The Labute approximate surface area is 158 Å². The normalized spacial score (nSPS) is 15.2. The lowest BCUT2D eigenvalue weighted by Crippen LogP contribution is -2.36. The van der Waals surface area contributed by atoms with Crippen LogP contribution in [0.2, 0.25) is 0 Å². The van der Waals surface area contributed by atoms with Crippen LogP contribution in [0.4, 0.5) is 0 Å². The number of nitrogens with zero attached hydrogens (tertiary/aromatic N) is 7. The Kier molecular flexibility index (Phi) is 6.51. The molecule has 1 fully saturated rings.